The molecule has 0 aliphatic heterocycles. The van der Waals surface area contributed by atoms with E-state index in [9.17, 15) is 14.7 Å². The Hall–Kier alpha value is -3.18. The highest BCUT2D eigenvalue weighted by atomic mass is 16.6. The predicted molar refractivity (Wildman–Crippen MR) is 214 cm³/mol. The smallest absolute Gasteiger partial charge is 0.306 e. The lowest BCUT2D eigenvalue weighted by atomic mass is 10.1. The highest BCUT2D eigenvalue weighted by Gasteiger charge is 2.15. The molecule has 0 saturated carbocycles. The molecule has 0 radical (unpaired) electrons. The summed E-state index contributed by atoms with van der Waals surface area (Å²) in [6.07, 6.45) is 56.2. The third-order valence-corrected chi connectivity index (χ3v) is 7.86. The quantitative estimate of drug-likeness (QED) is 0.0413. The lowest BCUT2D eigenvalue weighted by molar-refractivity contribution is -0.161. The van der Waals surface area contributed by atoms with Crippen LogP contribution in [0.25, 0.3) is 0 Å². The van der Waals surface area contributed by atoms with Crippen LogP contribution in [0.3, 0.4) is 0 Å². The summed E-state index contributed by atoms with van der Waals surface area (Å²) < 4.78 is 10.5. The summed E-state index contributed by atoms with van der Waals surface area (Å²) in [5, 5.41) is 9.54. The molecule has 1 atom stereocenters. The van der Waals surface area contributed by atoms with Crippen LogP contribution in [-0.4, -0.2) is 36.4 Å². The molecule has 0 saturated heterocycles. The van der Waals surface area contributed by atoms with Gasteiger partial charge in [0.15, 0.2) is 6.10 Å². The van der Waals surface area contributed by atoms with Gasteiger partial charge in [0.1, 0.15) is 6.61 Å². The maximum absolute atomic E-state index is 12.1. The Morgan fingerprint density at radius 3 is 1.32 bits per heavy atom. The molecule has 282 valence electrons. The molecular formula is C45H72O5. The van der Waals surface area contributed by atoms with Crippen LogP contribution in [0.2, 0.25) is 0 Å². The average molecular weight is 693 g/mol. The molecule has 0 fully saturated rings. The molecule has 0 aromatic carbocycles. The van der Waals surface area contributed by atoms with E-state index in [2.05, 4.69) is 98.9 Å². The van der Waals surface area contributed by atoms with Crippen LogP contribution in [0, 0.1) is 0 Å². The molecule has 0 aromatic rings. The normalized spacial score (nSPS) is 13.3. The Bertz CT molecular complexity index is 1010. The van der Waals surface area contributed by atoms with Crippen molar-refractivity contribution in [1.82, 2.24) is 0 Å². The molecule has 0 aromatic heterocycles. The summed E-state index contributed by atoms with van der Waals surface area (Å²) in [5.41, 5.74) is 0. The second kappa shape index (κ2) is 40.3. The number of unbranched alkanes of at least 4 members (excludes halogenated alkanes) is 10. The van der Waals surface area contributed by atoms with Gasteiger partial charge < -0.3 is 14.6 Å². The summed E-state index contributed by atoms with van der Waals surface area (Å²) in [5.74, 6) is -0.758. The largest absolute Gasteiger partial charge is 0.462 e. The Morgan fingerprint density at radius 2 is 0.840 bits per heavy atom. The van der Waals surface area contributed by atoms with Crippen LogP contribution in [0.15, 0.2) is 97.2 Å². The van der Waals surface area contributed by atoms with Gasteiger partial charge in [-0.05, 0) is 83.5 Å². The number of hydrogen-bond donors (Lipinski definition) is 1. The first-order chi connectivity index (χ1) is 24.6. The first-order valence-corrected chi connectivity index (χ1v) is 19.8. The van der Waals surface area contributed by atoms with Crippen LogP contribution in [0.1, 0.15) is 155 Å². The topological polar surface area (TPSA) is 72.8 Å². The molecule has 0 rings (SSSR count). The molecule has 0 heterocycles. The van der Waals surface area contributed by atoms with Crippen molar-refractivity contribution in [1.29, 1.82) is 0 Å². The third-order valence-electron chi connectivity index (χ3n) is 7.86. The molecule has 5 heteroatoms. The fourth-order valence-electron chi connectivity index (χ4n) is 4.84. The number of aliphatic hydroxyl groups excluding tert-OH is 1. The molecule has 50 heavy (non-hydrogen) atoms. The highest BCUT2D eigenvalue weighted by Crippen LogP contribution is 2.08. The number of rotatable bonds is 34. The Morgan fingerprint density at radius 1 is 0.460 bits per heavy atom. The number of carbonyl (C=O) groups excluding carboxylic acids is 2. The molecule has 0 spiro atoms. The van der Waals surface area contributed by atoms with Gasteiger partial charge in [-0.2, -0.15) is 0 Å². The number of hydrogen-bond acceptors (Lipinski definition) is 5. The van der Waals surface area contributed by atoms with Gasteiger partial charge in [-0.1, -0.05) is 156 Å². The third kappa shape index (κ3) is 37.6. The second-order valence-electron chi connectivity index (χ2n) is 12.6. The zero-order valence-electron chi connectivity index (χ0n) is 31.9. The molecule has 0 amide bonds. The van der Waals surface area contributed by atoms with Crippen molar-refractivity contribution in [3.8, 4) is 0 Å². The zero-order chi connectivity index (χ0) is 36.4. The van der Waals surface area contributed by atoms with Gasteiger partial charge in [0.25, 0.3) is 0 Å². The van der Waals surface area contributed by atoms with Gasteiger partial charge >= 0.3 is 11.9 Å². The Labute approximate surface area is 307 Å². The first-order valence-electron chi connectivity index (χ1n) is 19.8. The Kier molecular flexibility index (Phi) is 37.7. The van der Waals surface area contributed by atoms with Gasteiger partial charge in [-0.25, -0.2) is 0 Å². The van der Waals surface area contributed by atoms with Crippen molar-refractivity contribution in [3.63, 3.8) is 0 Å². The standard InChI is InChI=1S/C45H72O5/c1-3-5-7-9-11-13-15-17-19-21-22-24-25-27-29-31-33-35-37-39-44(47)49-42-43(41-46)50-45(48)40-38-36-34-32-30-28-26-23-20-18-16-14-12-10-8-6-4-2/h11,13,17-20,22,24,26-29,32-35,43,46H,3-10,12,14-16,21,23,25,30-31,36-42H2,1-2H3/b13-11-,19-17-,20-18-,24-22-,28-26-,29-27-,34-32-,35-33-/t43-/m0/s1. The summed E-state index contributed by atoms with van der Waals surface area (Å²) in [6.45, 7) is 3.97. The van der Waals surface area contributed by atoms with Gasteiger partial charge in [-0.3, -0.25) is 9.59 Å². The fourth-order valence-corrected chi connectivity index (χ4v) is 4.84. The first kappa shape index (κ1) is 46.8. The van der Waals surface area contributed by atoms with E-state index in [0.717, 1.165) is 44.9 Å². The number of allylic oxidation sites excluding steroid dienone is 16. The fraction of sp³-hybridized carbons (Fsp3) is 0.600. The number of esters is 2. The van der Waals surface area contributed by atoms with E-state index in [1.165, 1.54) is 70.6 Å². The summed E-state index contributed by atoms with van der Waals surface area (Å²) in [4.78, 5) is 24.2. The predicted octanol–water partition coefficient (Wildman–Crippen LogP) is 12.5. The Balaban J connectivity index is 3.81. The molecule has 0 bridgehead atoms. The van der Waals surface area contributed by atoms with Crippen LogP contribution in [-0.2, 0) is 19.1 Å². The molecule has 0 unspecified atom stereocenters. The molecule has 5 nitrogen and oxygen atoms in total. The van der Waals surface area contributed by atoms with E-state index in [0.29, 0.717) is 12.8 Å². The lowest BCUT2D eigenvalue weighted by Gasteiger charge is -2.15. The van der Waals surface area contributed by atoms with Crippen molar-refractivity contribution >= 4 is 11.9 Å². The summed E-state index contributed by atoms with van der Waals surface area (Å²) in [7, 11) is 0. The van der Waals surface area contributed by atoms with Crippen LogP contribution in [0.5, 0.6) is 0 Å². The maximum atomic E-state index is 12.1. The van der Waals surface area contributed by atoms with Crippen molar-refractivity contribution in [2.45, 2.75) is 161 Å². The average Bonchev–Trinajstić information content (AvgIpc) is 3.12. The van der Waals surface area contributed by atoms with Gasteiger partial charge in [0.05, 0.1) is 6.61 Å². The number of carbonyl (C=O) groups is 2. The molecule has 0 aliphatic carbocycles. The van der Waals surface area contributed by atoms with Crippen molar-refractivity contribution in [3.05, 3.63) is 97.2 Å². The van der Waals surface area contributed by atoms with E-state index in [4.69, 9.17) is 9.47 Å². The van der Waals surface area contributed by atoms with Crippen molar-refractivity contribution < 1.29 is 24.2 Å². The van der Waals surface area contributed by atoms with E-state index in [-0.39, 0.29) is 38.0 Å². The minimum absolute atomic E-state index is 0.131. The molecular weight excluding hydrogens is 620 g/mol. The highest BCUT2D eigenvalue weighted by molar-refractivity contribution is 5.70. The van der Waals surface area contributed by atoms with Crippen LogP contribution < -0.4 is 0 Å². The minimum Gasteiger partial charge on any atom is -0.462 e. The van der Waals surface area contributed by atoms with Crippen LogP contribution >= 0.6 is 0 Å². The minimum atomic E-state index is -0.833. The zero-order valence-corrected chi connectivity index (χ0v) is 31.9. The van der Waals surface area contributed by atoms with Gasteiger partial charge in [0, 0.05) is 12.8 Å². The molecule has 1 N–H and O–H groups in total. The van der Waals surface area contributed by atoms with Crippen molar-refractivity contribution in [2.24, 2.45) is 0 Å². The number of ether oxygens (including phenoxy) is 2. The van der Waals surface area contributed by atoms with E-state index in [1.807, 2.05) is 12.2 Å². The van der Waals surface area contributed by atoms with Gasteiger partial charge in [-0.15, -0.1) is 0 Å². The monoisotopic (exact) mass is 693 g/mol. The van der Waals surface area contributed by atoms with E-state index in [1.54, 1.807) is 0 Å². The lowest BCUT2D eigenvalue weighted by Crippen LogP contribution is -2.28. The summed E-state index contributed by atoms with van der Waals surface area (Å²) >= 11 is 0. The maximum Gasteiger partial charge on any atom is 0.306 e. The van der Waals surface area contributed by atoms with Crippen molar-refractivity contribution in [2.75, 3.05) is 13.2 Å². The van der Waals surface area contributed by atoms with Crippen LogP contribution in [0.4, 0.5) is 0 Å². The SMILES string of the molecule is CCCCC/C=C\C/C=C\C/C=C\C/C=C\C/C=C\CCC(=O)OC[C@H](CO)OC(=O)CCC/C=C\C/C=C\C/C=C\CCCCCCCC. The summed E-state index contributed by atoms with van der Waals surface area (Å²) in [6, 6.07) is 0. The van der Waals surface area contributed by atoms with Gasteiger partial charge in [0.2, 0.25) is 0 Å². The van der Waals surface area contributed by atoms with E-state index >= 15 is 0 Å². The second-order valence-corrected chi connectivity index (χ2v) is 12.6. The molecule has 0 aliphatic rings. The number of aliphatic hydroxyl groups is 1. The van der Waals surface area contributed by atoms with E-state index < -0.39 is 6.10 Å².